The quantitative estimate of drug-likeness (QED) is 0.611. The molecule has 25 heavy (non-hydrogen) atoms. The molecule has 0 bridgehead atoms. The van der Waals surface area contributed by atoms with Crippen LogP contribution in [0.4, 0.5) is 20.3 Å². The third-order valence-electron chi connectivity index (χ3n) is 3.36. The Morgan fingerprint density at radius 3 is 2.88 bits per heavy atom. The van der Waals surface area contributed by atoms with Crippen molar-refractivity contribution >= 4 is 23.1 Å². The van der Waals surface area contributed by atoms with E-state index in [1.54, 1.807) is 12.1 Å². The summed E-state index contributed by atoms with van der Waals surface area (Å²) in [6.07, 6.45) is -0.170. The summed E-state index contributed by atoms with van der Waals surface area (Å²) < 4.78 is 28.5. The van der Waals surface area contributed by atoms with Crippen LogP contribution in [0.3, 0.4) is 0 Å². The van der Waals surface area contributed by atoms with Crippen LogP contribution in [0.25, 0.3) is 5.65 Å². The molecular weight excluding hydrogens is 334 g/mol. The number of halogens is 2. The molecule has 9 nitrogen and oxygen atoms in total. The Balaban J connectivity index is 1.89. The summed E-state index contributed by atoms with van der Waals surface area (Å²) in [5.74, 6) is -0.106. The molecule has 3 aromatic heterocycles. The van der Waals surface area contributed by atoms with Crippen LogP contribution < -0.4 is 16.4 Å². The molecule has 0 fully saturated rings. The molecule has 3 rings (SSSR count). The van der Waals surface area contributed by atoms with Crippen LogP contribution in [0, 0.1) is 0 Å². The molecule has 0 atom stereocenters. The average Bonchev–Trinajstić information content (AvgIpc) is 3.15. The van der Waals surface area contributed by atoms with Gasteiger partial charge in [-0.25, -0.2) is 18.3 Å². The van der Waals surface area contributed by atoms with E-state index in [-0.39, 0.29) is 11.4 Å². The van der Waals surface area contributed by atoms with Crippen molar-refractivity contribution in [3.05, 3.63) is 35.9 Å². The van der Waals surface area contributed by atoms with Crippen LogP contribution >= 0.6 is 0 Å². The number of rotatable bonds is 6. The molecule has 0 radical (unpaired) electrons. The van der Waals surface area contributed by atoms with Crippen molar-refractivity contribution in [3.63, 3.8) is 0 Å². The monoisotopic (exact) mass is 350 g/mol. The maximum Gasteiger partial charge on any atom is 0.284 e. The molecule has 4 N–H and O–H groups in total. The lowest BCUT2D eigenvalue weighted by atomic mass is 10.3. The topological polar surface area (TPSA) is 115 Å². The second-order valence-electron chi connectivity index (χ2n) is 5.20. The summed E-state index contributed by atoms with van der Waals surface area (Å²) >= 11 is 0. The summed E-state index contributed by atoms with van der Waals surface area (Å²) in [6.45, 7) is 0.941. The molecule has 0 spiro atoms. The van der Waals surface area contributed by atoms with Crippen LogP contribution in [-0.2, 0) is 7.05 Å². The van der Waals surface area contributed by atoms with Crippen molar-refractivity contribution < 1.29 is 13.6 Å². The van der Waals surface area contributed by atoms with E-state index < -0.39 is 18.0 Å². The number of nitrogens with zero attached hydrogens (tertiary/aromatic N) is 5. The van der Waals surface area contributed by atoms with Gasteiger partial charge in [0.1, 0.15) is 5.82 Å². The summed E-state index contributed by atoms with van der Waals surface area (Å²) in [4.78, 5) is 16.5. The number of nitrogens with two attached hydrogens (primary N) is 1. The molecule has 3 heterocycles. The van der Waals surface area contributed by atoms with E-state index in [4.69, 9.17) is 5.73 Å². The average molecular weight is 350 g/mol. The highest BCUT2D eigenvalue weighted by Gasteiger charge is 2.21. The Morgan fingerprint density at radius 1 is 1.36 bits per heavy atom. The summed E-state index contributed by atoms with van der Waals surface area (Å²) in [7, 11) is 1.49. The first-order valence-corrected chi connectivity index (χ1v) is 7.41. The van der Waals surface area contributed by atoms with Gasteiger partial charge < -0.3 is 16.4 Å². The minimum atomic E-state index is -2.80. The van der Waals surface area contributed by atoms with Gasteiger partial charge in [0.2, 0.25) is 0 Å². The zero-order valence-electron chi connectivity index (χ0n) is 13.3. The fourth-order valence-electron chi connectivity index (χ4n) is 2.27. The van der Waals surface area contributed by atoms with Crippen molar-refractivity contribution in [3.8, 4) is 0 Å². The van der Waals surface area contributed by atoms with E-state index in [0.29, 0.717) is 24.6 Å². The van der Waals surface area contributed by atoms with Gasteiger partial charge in [-0.3, -0.25) is 9.48 Å². The molecule has 11 heteroatoms. The van der Waals surface area contributed by atoms with Gasteiger partial charge in [0, 0.05) is 26.3 Å². The minimum absolute atomic E-state index is 0.0603. The first-order valence-electron chi connectivity index (χ1n) is 7.41. The van der Waals surface area contributed by atoms with Crippen molar-refractivity contribution in [2.24, 2.45) is 12.8 Å². The van der Waals surface area contributed by atoms with Gasteiger partial charge in [0.25, 0.3) is 12.3 Å². The third-order valence-corrected chi connectivity index (χ3v) is 3.36. The molecule has 1 amide bonds. The SMILES string of the molecule is Cn1cc(NC(=O)c2cnc3ccc(NCCN)nn23)c(C(F)F)n1. The van der Waals surface area contributed by atoms with Gasteiger partial charge in [-0.2, -0.15) is 5.10 Å². The lowest BCUT2D eigenvalue weighted by Crippen LogP contribution is -2.18. The number of aryl methyl sites for hydroxylation is 1. The number of alkyl halides is 2. The normalized spacial score (nSPS) is 11.2. The minimum Gasteiger partial charge on any atom is -0.367 e. The van der Waals surface area contributed by atoms with Crippen molar-refractivity contribution in [2.75, 3.05) is 23.7 Å². The van der Waals surface area contributed by atoms with Gasteiger partial charge >= 0.3 is 0 Å². The highest BCUT2D eigenvalue weighted by atomic mass is 19.3. The van der Waals surface area contributed by atoms with E-state index in [2.05, 4.69) is 25.8 Å². The summed E-state index contributed by atoms with van der Waals surface area (Å²) in [6, 6.07) is 3.38. The maximum atomic E-state index is 13.0. The number of amides is 1. The zero-order valence-corrected chi connectivity index (χ0v) is 13.3. The lowest BCUT2D eigenvalue weighted by molar-refractivity contribution is 0.101. The Kier molecular flexibility index (Phi) is 4.57. The largest absolute Gasteiger partial charge is 0.367 e. The van der Waals surface area contributed by atoms with E-state index >= 15 is 0 Å². The van der Waals surface area contributed by atoms with Gasteiger partial charge in [0.15, 0.2) is 17.0 Å². The second-order valence-corrected chi connectivity index (χ2v) is 5.20. The van der Waals surface area contributed by atoms with Crippen molar-refractivity contribution in [1.29, 1.82) is 0 Å². The molecule has 0 aromatic carbocycles. The molecule has 132 valence electrons. The number of nitrogens with one attached hydrogen (secondary N) is 2. The summed E-state index contributed by atoms with van der Waals surface area (Å²) in [5.41, 5.74) is 5.43. The van der Waals surface area contributed by atoms with Crippen LogP contribution in [0.1, 0.15) is 22.6 Å². The van der Waals surface area contributed by atoms with E-state index in [0.717, 1.165) is 0 Å². The molecule has 3 aromatic rings. The van der Waals surface area contributed by atoms with E-state index in [9.17, 15) is 13.6 Å². The fraction of sp³-hybridized carbons (Fsp3) is 0.286. The van der Waals surface area contributed by atoms with Gasteiger partial charge in [0.05, 0.1) is 11.9 Å². The number of hydrogen-bond donors (Lipinski definition) is 3. The molecule has 0 aliphatic rings. The molecule has 0 saturated carbocycles. The van der Waals surface area contributed by atoms with Gasteiger partial charge in [-0.05, 0) is 12.1 Å². The lowest BCUT2D eigenvalue weighted by Gasteiger charge is -2.06. The third kappa shape index (κ3) is 3.40. The van der Waals surface area contributed by atoms with Crippen LogP contribution in [0.2, 0.25) is 0 Å². The maximum absolute atomic E-state index is 13.0. The Labute approximate surface area is 140 Å². The Morgan fingerprint density at radius 2 is 2.16 bits per heavy atom. The molecule has 0 aliphatic heterocycles. The molecule has 0 unspecified atom stereocenters. The first-order chi connectivity index (χ1) is 12.0. The highest BCUT2D eigenvalue weighted by molar-refractivity contribution is 6.03. The fourth-order valence-corrected chi connectivity index (χ4v) is 2.27. The number of fused-ring (bicyclic) bond motifs is 1. The number of carbonyl (C=O) groups excluding carboxylic acids is 1. The summed E-state index contributed by atoms with van der Waals surface area (Å²) in [5, 5.41) is 13.3. The first kappa shape index (κ1) is 16.8. The number of aromatic nitrogens is 5. The molecule has 0 aliphatic carbocycles. The van der Waals surface area contributed by atoms with Crippen molar-refractivity contribution in [1.82, 2.24) is 24.4 Å². The smallest absolute Gasteiger partial charge is 0.284 e. The van der Waals surface area contributed by atoms with E-state index in [1.807, 2.05) is 0 Å². The van der Waals surface area contributed by atoms with Crippen molar-refractivity contribution in [2.45, 2.75) is 6.43 Å². The zero-order chi connectivity index (χ0) is 18.0. The van der Waals surface area contributed by atoms with Crippen LogP contribution in [0.15, 0.2) is 24.5 Å². The van der Waals surface area contributed by atoms with Crippen LogP contribution in [-0.4, -0.2) is 43.4 Å². The van der Waals surface area contributed by atoms with Gasteiger partial charge in [-0.15, -0.1) is 5.10 Å². The number of carbonyl (C=O) groups is 1. The Hall–Kier alpha value is -3.08. The van der Waals surface area contributed by atoms with Gasteiger partial charge in [-0.1, -0.05) is 0 Å². The Bertz CT molecular complexity index is 904. The standard InChI is InChI=1S/C14H16F2N8O/c1-23-7-8(12(22-23)13(15)16)20-14(25)9-6-19-11-3-2-10(18-5-4-17)21-24(9)11/h2-3,6-7,13H,4-5,17H2,1H3,(H,18,21)(H,20,25). The number of hydrogen-bond acceptors (Lipinski definition) is 6. The molecular formula is C14H16F2N8O. The predicted octanol–water partition coefficient (Wildman–Crippen LogP) is 1.02. The second kappa shape index (κ2) is 6.81. The predicted molar refractivity (Wildman–Crippen MR) is 86.6 cm³/mol. The molecule has 0 saturated heterocycles. The number of imidazole rings is 1. The number of anilines is 2. The van der Waals surface area contributed by atoms with Crippen LogP contribution in [0.5, 0.6) is 0 Å². The highest BCUT2D eigenvalue weighted by Crippen LogP contribution is 2.25. The van der Waals surface area contributed by atoms with E-state index in [1.165, 1.54) is 28.6 Å².